The molecular formula is C17H20ClNO. The average Bonchev–Trinajstić information content (AvgIpc) is 2.48. The fourth-order valence-corrected chi connectivity index (χ4v) is 2.12. The Morgan fingerprint density at radius 2 is 1.70 bits per heavy atom. The van der Waals surface area contributed by atoms with Crippen LogP contribution in [0.5, 0.6) is 5.75 Å². The average molecular weight is 290 g/mol. The van der Waals surface area contributed by atoms with Crippen molar-refractivity contribution < 1.29 is 4.74 Å². The van der Waals surface area contributed by atoms with E-state index in [2.05, 4.69) is 36.5 Å². The van der Waals surface area contributed by atoms with Crippen LogP contribution in [0, 0.1) is 0 Å². The predicted molar refractivity (Wildman–Crippen MR) is 84.5 cm³/mol. The topological polar surface area (TPSA) is 21.3 Å². The van der Waals surface area contributed by atoms with Gasteiger partial charge in [-0.3, -0.25) is 0 Å². The monoisotopic (exact) mass is 289 g/mol. The van der Waals surface area contributed by atoms with Gasteiger partial charge in [-0.25, -0.2) is 0 Å². The molecule has 20 heavy (non-hydrogen) atoms. The quantitative estimate of drug-likeness (QED) is 0.776. The molecule has 0 bridgehead atoms. The molecule has 2 aromatic carbocycles. The molecule has 1 N–H and O–H groups in total. The van der Waals surface area contributed by atoms with Crippen LogP contribution in [0.4, 0.5) is 0 Å². The van der Waals surface area contributed by atoms with Crippen molar-refractivity contribution in [2.45, 2.75) is 20.0 Å². The van der Waals surface area contributed by atoms with Crippen molar-refractivity contribution in [3.8, 4) is 5.75 Å². The first-order valence-electron chi connectivity index (χ1n) is 6.95. The molecule has 0 heterocycles. The van der Waals surface area contributed by atoms with Crippen LogP contribution in [-0.4, -0.2) is 13.1 Å². The predicted octanol–water partition coefficient (Wildman–Crippen LogP) is 4.07. The van der Waals surface area contributed by atoms with E-state index in [9.17, 15) is 0 Å². The number of ether oxygens (including phenoxy) is 1. The van der Waals surface area contributed by atoms with Gasteiger partial charge in [-0.05, 0) is 42.8 Å². The molecule has 106 valence electrons. The van der Waals surface area contributed by atoms with Crippen LogP contribution in [0.15, 0.2) is 48.5 Å². The smallest absolute Gasteiger partial charge is 0.138 e. The molecule has 0 aromatic heterocycles. The third-order valence-electron chi connectivity index (χ3n) is 3.09. The molecule has 0 aliphatic rings. The molecule has 0 saturated carbocycles. The lowest BCUT2D eigenvalue weighted by atomic mass is 10.1. The molecule has 0 unspecified atom stereocenters. The van der Waals surface area contributed by atoms with Gasteiger partial charge in [0.05, 0.1) is 5.02 Å². The van der Waals surface area contributed by atoms with Crippen molar-refractivity contribution >= 4 is 11.6 Å². The lowest BCUT2D eigenvalue weighted by Gasteiger charge is -2.08. The highest BCUT2D eigenvalue weighted by atomic mass is 35.5. The fourth-order valence-electron chi connectivity index (χ4n) is 1.93. The van der Waals surface area contributed by atoms with Gasteiger partial charge in [0.25, 0.3) is 0 Å². The molecule has 0 fully saturated rings. The maximum atomic E-state index is 6.05. The zero-order valence-electron chi connectivity index (χ0n) is 11.7. The third-order valence-corrected chi connectivity index (χ3v) is 3.41. The lowest BCUT2D eigenvalue weighted by molar-refractivity contribution is 0.306. The van der Waals surface area contributed by atoms with Gasteiger partial charge in [-0.2, -0.15) is 0 Å². The molecular weight excluding hydrogens is 270 g/mol. The number of hydrogen-bond acceptors (Lipinski definition) is 2. The summed E-state index contributed by atoms with van der Waals surface area (Å²) in [4.78, 5) is 0. The van der Waals surface area contributed by atoms with E-state index in [0.717, 1.165) is 30.8 Å². The summed E-state index contributed by atoms with van der Waals surface area (Å²) in [6.45, 7) is 4.70. The number of likely N-dealkylation sites (N-methyl/N-ethyl adjacent to an activating group) is 1. The Morgan fingerprint density at radius 1 is 1.00 bits per heavy atom. The van der Waals surface area contributed by atoms with E-state index >= 15 is 0 Å². The normalized spacial score (nSPS) is 10.5. The van der Waals surface area contributed by atoms with Crippen molar-refractivity contribution in [3.05, 3.63) is 64.7 Å². The highest BCUT2D eigenvalue weighted by molar-refractivity contribution is 6.32. The van der Waals surface area contributed by atoms with Crippen LogP contribution >= 0.6 is 11.6 Å². The van der Waals surface area contributed by atoms with Crippen LogP contribution in [-0.2, 0) is 13.0 Å². The van der Waals surface area contributed by atoms with E-state index in [1.54, 1.807) is 0 Å². The van der Waals surface area contributed by atoms with E-state index in [-0.39, 0.29) is 0 Å². The summed E-state index contributed by atoms with van der Waals surface area (Å²) in [6, 6.07) is 16.1. The number of halogens is 1. The first kappa shape index (κ1) is 14.9. The Kier molecular flexibility index (Phi) is 5.90. The van der Waals surface area contributed by atoms with Crippen molar-refractivity contribution in [1.82, 2.24) is 5.32 Å². The minimum absolute atomic E-state index is 0.539. The molecule has 0 atom stereocenters. The van der Waals surface area contributed by atoms with Crippen LogP contribution in [0.3, 0.4) is 0 Å². The zero-order valence-corrected chi connectivity index (χ0v) is 12.5. The standard InChI is InChI=1S/C17H20ClNO/c1-2-19-12-11-14-7-9-15(10-8-14)13-20-17-6-4-3-5-16(17)18/h3-10,19H,2,11-13H2,1H3. The molecule has 0 aliphatic heterocycles. The second-order valence-corrected chi connectivity index (χ2v) is 5.05. The van der Waals surface area contributed by atoms with E-state index < -0.39 is 0 Å². The Balaban J connectivity index is 1.86. The first-order valence-corrected chi connectivity index (χ1v) is 7.33. The Hall–Kier alpha value is -1.51. The fraction of sp³-hybridized carbons (Fsp3) is 0.294. The second kappa shape index (κ2) is 7.93. The maximum absolute atomic E-state index is 6.05. The molecule has 0 radical (unpaired) electrons. The van der Waals surface area contributed by atoms with Crippen molar-refractivity contribution in [1.29, 1.82) is 0 Å². The van der Waals surface area contributed by atoms with Crippen molar-refractivity contribution in [3.63, 3.8) is 0 Å². The molecule has 2 rings (SSSR count). The highest BCUT2D eigenvalue weighted by Gasteiger charge is 2.01. The Morgan fingerprint density at radius 3 is 2.40 bits per heavy atom. The van der Waals surface area contributed by atoms with Gasteiger partial charge in [0.1, 0.15) is 12.4 Å². The lowest BCUT2D eigenvalue weighted by Crippen LogP contribution is -2.15. The molecule has 3 heteroatoms. The SMILES string of the molecule is CCNCCc1ccc(COc2ccccc2Cl)cc1. The third kappa shape index (κ3) is 4.55. The van der Waals surface area contributed by atoms with Crippen molar-refractivity contribution in [2.75, 3.05) is 13.1 Å². The van der Waals surface area contributed by atoms with Crippen LogP contribution in [0.25, 0.3) is 0 Å². The highest BCUT2D eigenvalue weighted by Crippen LogP contribution is 2.24. The van der Waals surface area contributed by atoms with Crippen LogP contribution in [0.2, 0.25) is 5.02 Å². The van der Waals surface area contributed by atoms with E-state index in [1.807, 2.05) is 24.3 Å². The van der Waals surface area contributed by atoms with E-state index in [4.69, 9.17) is 16.3 Å². The van der Waals surface area contributed by atoms with Gasteiger partial charge in [0.15, 0.2) is 0 Å². The minimum Gasteiger partial charge on any atom is -0.487 e. The molecule has 0 saturated heterocycles. The summed E-state index contributed by atoms with van der Waals surface area (Å²) in [5.74, 6) is 0.727. The second-order valence-electron chi connectivity index (χ2n) is 4.64. The molecule has 2 nitrogen and oxygen atoms in total. The van der Waals surface area contributed by atoms with Gasteiger partial charge in [-0.1, -0.05) is 54.9 Å². The zero-order chi connectivity index (χ0) is 14.2. The summed E-state index contributed by atoms with van der Waals surface area (Å²) in [5, 5.41) is 3.97. The molecule has 2 aromatic rings. The molecule has 0 spiro atoms. The van der Waals surface area contributed by atoms with E-state index in [0.29, 0.717) is 11.6 Å². The molecule has 0 aliphatic carbocycles. The summed E-state index contributed by atoms with van der Waals surface area (Å²) in [5.41, 5.74) is 2.49. The first-order chi connectivity index (χ1) is 9.79. The largest absolute Gasteiger partial charge is 0.487 e. The summed E-state index contributed by atoms with van der Waals surface area (Å²) in [7, 11) is 0. The maximum Gasteiger partial charge on any atom is 0.138 e. The summed E-state index contributed by atoms with van der Waals surface area (Å²) < 4.78 is 5.72. The van der Waals surface area contributed by atoms with Gasteiger partial charge >= 0.3 is 0 Å². The number of benzene rings is 2. The van der Waals surface area contributed by atoms with Gasteiger partial charge in [0.2, 0.25) is 0 Å². The molecule has 0 amide bonds. The summed E-state index contributed by atoms with van der Waals surface area (Å²) in [6.07, 6.45) is 1.06. The number of para-hydroxylation sites is 1. The van der Waals surface area contributed by atoms with Crippen LogP contribution < -0.4 is 10.1 Å². The Labute approximate surface area is 125 Å². The number of hydrogen-bond donors (Lipinski definition) is 1. The Bertz CT molecular complexity index is 525. The van der Waals surface area contributed by atoms with E-state index in [1.165, 1.54) is 5.56 Å². The van der Waals surface area contributed by atoms with Crippen LogP contribution in [0.1, 0.15) is 18.1 Å². The summed E-state index contributed by atoms with van der Waals surface area (Å²) >= 11 is 6.05. The number of nitrogens with one attached hydrogen (secondary N) is 1. The van der Waals surface area contributed by atoms with Crippen molar-refractivity contribution in [2.24, 2.45) is 0 Å². The number of rotatable bonds is 7. The van der Waals surface area contributed by atoms with Gasteiger partial charge in [0, 0.05) is 0 Å². The minimum atomic E-state index is 0.539. The van der Waals surface area contributed by atoms with Gasteiger partial charge in [-0.15, -0.1) is 0 Å². The van der Waals surface area contributed by atoms with Gasteiger partial charge < -0.3 is 10.1 Å².